The molecule has 0 aromatic heterocycles. The largest absolute Gasteiger partial charge is 0.313 e. The van der Waals surface area contributed by atoms with Crippen LogP contribution in [0.25, 0.3) is 0 Å². The molecule has 0 fully saturated rings. The fraction of sp³-hybridized carbons (Fsp3) is 1.00. The molecule has 0 aliphatic carbocycles. The average Bonchev–Trinajstić information content (AvgIpc) is 2.34. The van der Waals surface area contributed by atoms with Crippen LogP contribution in [0.5, 0.6) is 0 Å². The lowest BCUT2D eigenvalue weighted by molar-refractivity contribution is 0.181. The molecule has 1 N–H and O–H groups in total. The zero-order valence-corrected chi connectivity index (χ0v) is 14.5. The summed E-state index contributed by atoms with van der Waals surface area (Å²) >= 11 is 0. The molecule has 116 valence electrons. The van der Waals surface area contributed by atoms with E-state index in [1.165, 1.54) is 32.4 Å². The predicted molar refractivity (Wildman–Crippen MR) is 87.7 cm³/mol. The van der Waals surface area contributed by atoms with E-state index in [1.54, 1.807) is 0 Å². The molecule has 2 atom stereocenters. The summed E-state index contributed by atoms with van der Waals surface area (Å²) in [5.41, 5.74) is 0. The van der Waals surface area contributed by atoms with Gasteiger partial charge >= 0.3 is 0 Å². The van der Waals surface area contributed by atoms with Crippen molar-refractivity contribution in [3.8, 4) is 0 Å². The average molecular weight is 271 g/mol. The van der Waals surface area contributed by atoms with Crippen LogP contribution in [0, 0.1) is 11.8 Å². The SMILES string of the molecule is CCC(C)NCC(C)N(CCC(C)C)CCC(C)C. The van der Waals surface area contributed by atoms with Crippen LogP contribution in [0.2, 0.25) is 0 Å². The van der Waals surface area contributed by atoms with Crippen molar-refractivity contribution in [3.63, 3.8) is 0 Å². The standard InChI is InChI=1S/C17H38N2/c1-8-16(6)18-13-17(7)19(11-9-14(2)3)12-10-15(4)5/h14-18H,8-13H2,1-7H3. The summed E-state index contributed by atoms with van der Waals surface area (Å²) in [7, 11) is 0. The second-order valence-corrected chi connectivity index (χ2v) is 6.97. The Morgan fingerprint density at radius 2 is 1.32 bits per heavy atom. The van der Waals surface area contributed by atoms with Gasteiger partial charge in [0.05, 0.1) is 0 Å². The molecular formula is C17H38N2. The highest BCUT2D eigenvalue weighted by molar-refractivity contribution is 4.72. The zero-order valence-electron chi connectivity index (χ0n) is 14.5. The second kappa shape index (κ2) is 10.7. The van der Waals surface area contributed by atoms with E-state index in [9.17, 15) is 0 Å². The summed E-state index contributed by atoms with van der Waals surface area (Å²) in [6.07, 6.45) is 3.84. The van der Waals surface area contributed by atoms with E-state index in [1.807, 2.05) is 0 Å². The van der Waals surface area contributed by atoms with Crippen molar-refractivity contribution in [2.45, 2.75) is 79.8 Å². The molecular weight excluding hydrogens is 232 g/mol. The maximum absolute atomic E-state index is 3.65. The van der Waals surface area contributed by atoms with Crippen molar-refractivity contribution in [2.24, 2.45) is 11.8 Å². The van der Waals surface area contributed by atoms with Crippen LogP contribution >= 0.6 is 0 Å². The molecule has 0 saturated carbocycles. The van der Waals surface area contributed by atoms with Crippen molar-refractivity contribution in [1.29, 1.82) is 0 Å². The monoisotopic (exact) mass is 270 g/mol. The third-order valence-corrected chi connectivity index (χ3v) is 3.98. The van der Waals surface area contributed by atoms with Gasteiger partial charge in [0.1, 0.15) is 0 Å². The van der Waals surface area contributed by atoms with Crippen molar-refractivity contribution >= 4 is 0 Å². The molecule has 0 spiro atoms. The van der Waals surface area contributed by atoms with Gasteiger partial charge in [0.15, 0.2) is 0 Å². The maximum Gasteiger partial charge on any atom is 0.0192 e. The number of nitrogens with one attached hydrogen (secondary N) is 1. The fourth-order valence-corrected chi connectivity index (χ4v) is 2.05. The van der Waals surface area contributed by atoms with E-state index >= 15 is 0 Å². The van der Waals surface area contributed by atoms with Gasteiger partial charge in [-0.25, -0.2) is 0 Å². The lowest BCUT2D eigenvalue weighted by Crippen LogP contribution is -2.44. The van der Waals surface area contributed by atoms with Crippen LogP contribution in [0.3, 0.4) is 0 Å². The molecule has 2 heteroatoms. The number of hydrogen-bond acceptors (Lipinski definition) is 2. The third-order valence-electron chi connectivity index (χ3n) is 3.98. The lowest BCUT2D eigenvalue weighted by atomic mass is 10.1. The van der Waals surface area contributed by atoms with Gasteiger partial charge in [0.2, 0.25) is 0 Å². The van der Waals surface area contributed by atoms with E-state index < -0.39 is 0 Å². The third kappa shape index (κ3) is 10.4. The van der Waals surface area contributed by atoms with Gasteiger partial charge in [-0.05, 0) is 58.0 Å². The first-order chi connectivity index (χ1) is 8.86. The number of rotatable bonds is 11. The van der Waals surface area contributed by atoms with Gasteiger partial charge in [0, 0.05) is 18.6 Å². The molecule has 2 unspecified atom stereocenters. The Bertz CT molecular complexity index is 189. The summed E-state index contributed by atoms with van der Waals surface area (Å²) in [5.74, 6) is 1.60. The Balaban J connectivity index is 4.19. The summed E-state index contributed by atoms with van der Waals surface area (Å²) in [6.45, 7) is 19.8. The first-order valence-electron chi connectivity index (χ1n) is 8.34. The first kappa shape index (κ1) is 18.9. The number of hydrogen-bond donors (Lipinski definition) is 1. The molecule has 0 heterocycles. The van der Waals surface area contributed by atoms with Crippen molar-refractivity contribution in [3.05, 3.63) is 0 Å². The Kier molecular flexibility index (Phi) is 10.6. The van der Waals surface area contributed by atoms with E-state index in [0.717, 1.165) is 18.4 Å². The lowest BCUT2D eigenvalue weighted by Gasteiger charge is -2.31. The molecule has 0 radical (unpaired) electrons. The molecule has 0 rings (SSSR count). The van der Waals surface area contributed by atoms with Gasteiger partial charge in [0.25, 0.3) is 0 Å². The first-order valence-corrected chi connectivity index (χ1v) is 8.34. The second-order valence-electron chi connectivity index (χ2n) is 6.97. The highest BCUT2D eigenvalue weighted by Crippen LogP contribution is 2.09. The topological polar surface area (TPSA) is 15.3 Å². The molecule has 0 aromatic carbocycles. The Hall–Kier alpha value is -0.0800. The number of nitrogens with zero attached hydrogens (tertiary/aromatic N) is 1. The molecule has 0 bridgehead atoms. The normalized spacial score (nSPS) is 15.5. The fourth-order valence-electron chi connectivity index (χ4n) is 2.05. The van der Waals surface area contributed by atoms with Crippen LogP contribution in [0.1, 0.15) is 67.7 Å². The quantitative estimate of drug-likeness (QED) is 0.606. The van der Waals surface area contributed by atoms with Gasteiger partial charge < -0.3 is 5.32 Å². The Labute approximate surface area is 122 Å². The zero-order chi connectivity index (χ0) is 14.8. The predicted octanol–water partition coefficient (Wildman–Crippen LogP) is 4.16. The van der Waals surface area contributed by atoms with Gasteiger partial charge in [-0.2, -0.15) is 0 Å². The molecule has 0 aliphatic rings. The summed E-state index contributed by atoms with van der Waals surface area (Å²) in [6, 6.07) is 1.28. The van der Waals surface area contributed by atoms with Gasteiger partial charge in [-0.3, -0.25) is 4.90 Å². The maximum atomic E-state index is 3.65. The van der Waals surface area contributed by atoms with Gasteiger partial charge in [-0.1, -0.05) is 34.6 Å². The molecule has 0 amide bonds. The van der Waals surface area contributed by atoms with Crippen LogP contribution in [0.4, 0.5) is 0 Å². The molecule has 19 heavy (non-hydrogen) atoms. The van der Waals surface area contributed by atoms with Crippen LogP contribution in [-0.4, -0.2) is 36.6 Å². The highest BCUT2D eigenvalue weighted by atomic mass is 15.2. The van der Waals surface area contributed by atoms with Crippen molar-refractivity contribution < 1.29 is 0 Å². The van der Waals surface area contributed by atoms with Crippen LogP contribution in [0.15, 0.2) is 0 Å². The summed E-state index contributed by atoms with van der Waals surface area (Å²) in [4.78, 5) is 2.68. The van der Waals surface area contributed by atoms with E-state index in [0.29, 0.717) is 12.1 Å². The summed E-state index contributed by atoms with van der Waals surface area (Å²) < 4.78 is 0. The van der Waals surface area contributed by atoms with Crippen molar-refractivity contribution in [2.75, 3.05) is 19.6 Å². The van der Waals surface area contributed by atoms with Crippen LogP contribution in [-0.2, 0) is 0 Å². The Morgan fingerprint density at radius 3 is 1.68 bits per heavy atom. The minimum absolute atomic E-state index is 0.638. The minimum atomic E-state index is 0.638. The Morgan fingerprint density at radius 1 is 0.842 bits per heavy atom. The van der Waals surface area contributed by atoms with Gasteiger partial charge in [-0.15, -0.1) is 0 Å². The van der Waals surface area contributed by atoms with Crippen molar-refractivity contribution in [1.82, 2.24) is 10.2 Å². The molecule has 2 nitrogen and oxygen atoms in total. The van der Waals surface area contributed by atoms with E-state index in [4.69, 9.17) is 0 Å². The minimum Gasteiger partial charge on any atom is -0.313 e. The smallest absolute Gasteiger partial charge is 0.0192 e. The van der Waals surface area contributed by atoms with Crippen LogP contribution < -0.4 is 5.32 Å². The van der Waals surface area contributed by atoms with E-state index in [2.05, 4.69) is 58.7 Å². The molecule has 0 aliphatic heterocycles. The summed E-state index contributed by atoms with van der Waals surface area (Å²) in [5, 5.41) is 3.65. The van der Waals surface area contributed by atoms with E-state index in [-0.39, 0.29) is 0 Å². The molecule has 0 saturated heterocycles. The highest BCUT2D eigenvalue weighted by Gasteiger charge is 2.15. The molecule has 0 aromatic rings.